The molecule has 0 saturated carbocycles. The maximum absolute atomic E-state index is 4.63. The Balaban J connectivity index is 0.00000312. The molecule has 0 aromatic carbocycles. The van der Waals surface area contributed by atoms with Crippen LogP contribution in [-0.2, 0) is 6.54 Å². The SMILES string of the molecule is CCNC(=NCc1ccc(-n2ccnc2)nc1)NCCCC(C)C.I. The van der Waals surface area contributed by atoms with Crippen LogP contribution in [0.5, 0.6) is 0 Å². The minimum absolute atomic E-state index is 0. The third kappa shape index (κ3) is 7.85. The molecule has 2 rings (SSSR count). The highest BCUT2D eigenvalue weighted by atomic mass is 127. The number of rotatable bonds is 8. The molecular weight excluding hydrogens is 427 g/mol. The van der Waals surface area contributed by atoms with E-state index in [0.29, 0.717) is 6.54 Å². The summed E-state index contributed by atoms with van der Waals surface area (Å²) in [5.74, 6) is 2.46. The lowest BCUT2D eigenvalue weighted by Crippen LogP contribution is -2.37. The van der Waals surface area contributed by atoms with Crippen LogP contribution >= 0.6 is 24.0 Å². The summed E-state index contributed by atoms with van der Waals surface area (Å²) in [4.78, 5) is 13.1. The first-order chi connectivity index (χ1) is 11.7. The molecule has 6 nitrogen and oxygen atoms in total. The fourth-order valence-corrected chi connectivity index (χ4v) is 2.29. The number of aromatic nitrogens is 3. The highest BCUT2D eigenvalue weighted by Crippen LogP contribution is 2.06. The second-order valence-electron chi connectivity index (χ2n) is 6.15. The van der Waals surface area contributed by atoms with Crippen LogP contribution in [0.3, 0.4) is 0 Å². The molecule has 0 atom stereocenters. The molecule has 0 bridgehead atoms. The van der Waals surface area contributed by atoms with E-state index >= 15 is 0 Å². The lowest BCUT2D eigenvalue weighted by atomic mass is 10.1. The Labute approximate surface area is 167 Å². The zero-order valence-corrected chi connectivity index (χ0v) is 17.6. The number of aliphatic imine (C=N–C) groups is 1. The number of hydrogen-bond acceptors (Lipinski definition) is 3. The smallest absolute Gasteiger partial charge is 0.191 e. The minimum Gasteiger partial charge on any atom is -0.357 e. The molecule has 0 saturated heterocycles. The summed E-state index contributed by atoms with van der Waals surface area (Å²) in [5, 5.41) is 6.67. The molecule has 0 aliphatic carbocycles. The summed E-state index contributed by atoms with van der Waals surface area (Å²) >= 11 is 0. The molecular formula is C18H29IN6. The van der Waals surface area contributed by atoms with Gasteiger partial charge in [-0.3, -0.25) is 4.57 Å². The molecule has 2 aromatic rings. The van der Waals surface area contributed by atoms with E-state index in [2.05, 4.69) is 46.4 Å². The topological polar surface area (TPSA) is 67.1 Å². The number of hydrogen-bond donors (Lipinski definition) is 2. The van der Waals surface area contributed by atoms with E-state index in [-0.39, 0.29) is 24.0 Å². The molecule has 2 aromatic heterocycles. The molecule has 0 fully saturated rings. The molecule has 2 heterocycles. The van der Waals surface area contributed by atoms with Crippen molar-refractivity contribution in [3.63, 3.8) is 0 Å². The van der Waals surface area contributed by atoms with Crippen molar-refractivity contribution in [2.75, 3.05) is 13.1 Å². The third-order valence-electron chi connectivity index (χ3n) is 3.59. The van der Waals surface area contributed by atoms with Gasteiger partial charge < -0.3 is 10.6 Å². The van der Waals surface area contributed by atoms with Gasteiger partial charge in [0.05, 0.1) is 6.54 Å². The Morgan fingerprint density at radius 1 is 1.28 bits per heavy atom. The average molecular weight is 456 g/mol. The number of nitrogens with zero attached hydrogens (tertiary/aromatic N) is 4. The van der Waals surface area contributed by atoms with Gasteiger partial charge in [-0.25, -0.2) is 15.0 Å². The highest BCUT2D eigenvalue weighted by Gasteiger charge is 2.00. The van der Waals surface area contributed by atoms with Gasteiger partial charge in [0, 0.05) is 31.7 Å². The number of pyridine rings is 1. The first kappa shape index (κ1) is 21.4. The highest BCUT2D eigenvalue weighted by molar-refractivity contribution is 14.0. The van der Waals surface area contributed by atoms with Gasteiger partial charge in [-0.15, -0.1) is 24.0 Å². The maximum atomic E-state index is 4.63. The molecule has 25 heavy (non-hydrogen) atoms. The van der Waals surface area contributed by atoms with E-state index in [0.717, 1.165) is 42.8 Å². The maximum Gasteiger partial charge on any atom is 0.191 e. The summed E-state index contributed by atoms with van der Waals surface area (Å²) in [5.41, 5.74) is 1.08. The molecule has 7 heteroatoms. The summed E-state index contributed by atoms with van der Waals surface area (Å²) in [7, 11) is 0. The summed E-state index contributed by atoms with van der Waals surface area (Å²) in [6, 6.07) is 4.03. The number of halogens is 1. The predicted molar refractivity (Wildman–Crippen MR) is 114 cm³/mol. The zero-order chi connectivity index (χ0) is 17.2. The first-order valence-electron chi connectivity index (χ1n) is 8.64. The number of nitrogens with one attached hydrogen (secondary N) is 2. The molecule has 0 aliphatic heterocycles. The quantitative estimate of drug-likeness (QED) is 0.277. The molecule has 0 unspecified atom stereocenters. The van der Waals surface area contributed by atoms with Crippen LogP contribution in [0.2, 0.25) is 0 Å². The molecule has 0 spiro atoms. The van der Waals surface area contributed by atoms with Crippen LogP contribution in [0, 0.1) is 5.92 Å². The van der Waals surface area contributed by atoms with Gasteiger partial charge in [-0.1, -0.05) is 19.9 Å². The Morgan fingerprint density at radius 2 is 2.12 bits per heavy atom. The van der Waals surface area contributed by atoms with Crippen molar-refractivity contribution in [2.24, 2.45) is 10.9 Å². The fraction of sp³-hybridized carbons (Fsp3) is 0.500. The van der Waals surface area contributed by atoms with Crippen LogP contribution in [0.15, 0.2) is 42.0 Å². The summed E-state index contributed by atoms with van der Waals surface area (Å²) in [6.45, 7) is 8.98. The van der Waals surface area contributed by atoms with Gasteiger partial charge in [0.15, 0.2) is 5.96 Å². The second kappa shape index (κ2) is 11.8. The lowest BCUT2D eigenvalue weighted by molar-refractivity contribution is 0.549. The molecule has 0 aliphatic rings. The molecule has 2 N–H and O–H groups in total. The van der Waals surface area contributed by atoms with Gasteiger partial charge in [0.1, 0.15) is 12.1 Å². The Kier molecular flexibility index (Phi) is 10.1. The Hall–Kier alpha value is -1.64. The van der Waals surface area contributed by atoms with Crippen molar-refractivity contribution in [3.8, 4) is 5.82 Å². The van der Waals surface area contributed by atoms with E-state index in [1.54, 1.807) is 12.5 Å². The first-order valence-corrected chi connectivity index (χ1v) is 8.64. The molecule has 0 radical (unpaired) electrons. The second-order valence-corrected chi connectivity index (χ2v) is 6.15. The van der Waals surface area contributed by atoms with Crippen LogP contribution in [0.1, 0.15) is 39.2 Å². The van der Waals surface area contributed by atoms with Crippen molar-refractivity contribution in [3.05, 3.63) is 42.6 Å². The normalized spacial score (nSPS) is 11.3. The third-order valence-corrected chi connectivity index (χ3v) is 3.59. The van der Waals surface area contributed by atoms with Gasteiger partial charge in [-0.05, 0) is 37.3 Å². The van der Waals surface area contributed by atoms with Crippen LogP contribution < -0.4 is 10.6 Å². The van der Waals surface area contributed by atoms with Crippen molar-refractivity contribution in [2.45, 2.75) is 40.2 Å². The van der Waals surface area contributed by atoms with Crippen molar-refractivity contribution < 1.29 is 0 Å². The van der Waals surface area contributed by atoms with Crippen LogP contribution in [0.4, 0.5) is 0 Å². The number of guanidine groups is 1. The van der Waals surface area contributed by atoms with Gasteiger partial charge in [-0.2, -0.15) is 0 Å². The van der Waals surface area contributed by atoms with Crippen LogP contribution in [-0.4, -0.2) is 33.6 Å². The fourth-order valence-electron chi connectivity index (χ4n) is 2.29. The van der Waals surface area contributed by atoms with E-state index in [4.69, 9.17) is 0 Å². The van der Waals surface area contributed by atoms with Crippen molar-refractivity contribution in [1.29, 1.82) is 0 Å². The summed E-state index contributed by atoms with van der Waals surface area (Å²) < 4.78 is 1.88. The van der Waals surface area contributed by atoms with E-state index in [9.17, 15) is 0 Å². The van der Waals surface area contributed by atoms with Crippen molar-refractivity contribution >= 4 is 29.9 Å². The average Bonchev–Trinajstić information content (AvgIpc) is 3.11. The monoisotopic (exact) mass is 456 g/mol. The van der Waals surface area contributed by atoms with Gasteiger partial charge in [0.25, 0.3) is 0 Å². The van der Waals surface area contributed by atoms with E-state index in [1.807, 2.05) is 29.1 Å². The lowest BCUT2D eigenvalue weighted by Gasteiger charge is -2.12. The van der Waals surface area contributed by atoms with Gasteiger partial charge in [0.2, 0.25) is 0 Å². The summed E-state index contributed by atoms with van der Waals surface area (Å²) in [6.07, 6.45) is 9.61. The molecule has 0 amide bonds. The predicted octanol–water partition coefficient (Wildman–Crippen LogP) is 3.38. The standard InChI is InChI=1S/C18H28N6.HI/c1-4-20-18(21-9-5-6-15(2)3)23-13-16-7-8-17(22-12-16)24-11-10-19-14-24;/h7-8,10-12,14-15H,4-6,9,13H2,1-3H3,(H2,20,21,23);1H. The molecule has 138 valence electrons. The van der Waals surface area contributed by atoms with Crippen molar-refractivity contribution in [1.82, 2.24) is 25.2 Å². The van der Waals surface area contributed by atoms with E-state index in [1.165, 1.54) is 6.42 Å². The Bertz CT molecular complexity index is 607. The largest absolute Gasteiger partial charge is 0.357 e. The van der Waals surface area contributed by atoms with Gasteiger partial charge >= 0.3 is 0 Å². The number of imidazole rings is 1. The van der Waals surface area contributed by atoms with E-state index < -0.39 is 0 Å². The Morgan fingerprint density at radius 3 is 2.72 bits per heavy atom. The minimum atomic E-state index is 0. The zero-order valence-electron chi connectivity index (χ0n) is 15.3. The van der Waals surface area contributed by atoms with Crippen LogP contribution in [0.25, 0.3) is 5.82 Å².